The van der Waals surface area contributed by atoms with Crippen LogP contribution in [0, 0.1) is 0 Å². The van der Waals surface area contributed by atoms with Crippen LogP contribution < -0.4 is 0 Å². The van der Waals surface area contributed by atoms with Gasteiger partial charge in [-0.05, 0) is 12.0 Å². The normalized spacial score (nSPS) is 13.3. The third kappa shape index (κ3) is 3.77. The molecule has 1 aromatic carbocycles. The number of ether oxygens (including phenoxy) is 1. The number of carboxylic acid groups (broad SMARTS) is 1. The summed E-state index contributed by atoms with van der Waals surface area (Å²) in [5.41, 5.74) is 0.736. The first-order valence-corrected chi connectivity index (χ1v) is 5.75. The maximum Gasteiger partial charge on any atom is 0.377 e. The van der Waals surface area contributed by atoms with Gasteiger partial charge in [0.2, 0.25) is 0 Å². The van der Waals surface area contributed by atoms with E-state index in [1.54, 1.807) is 37.3 Å². The first-order chi connectivity index (χ1) is 8.48. The second-order valence-electron chi connectivity index (χ2n) is 4.00. The van der Waals surface area contributed by atoms with E-state index in [2.05, 4.69) is 0 Å². The van der Waals surface area contributed by atoms with E-state index < -0.39 is 18.0 Å². The van der Waals surface area contributed by atoms with Gasteiger partial charge in [-0.2, -0.15) is 8.78 Å². The predicted octanol–water partition coefficient (Wildman–Crippen LogP) is 3.09. The van der Waals surface area contributed by atoms with Crippen LogP contribution in [0.2, 0.25) is 0 Å². The Labute approximate surface area is 104 Å². The quantitative estimate of drug-likeness (QED) is 0.817. The lowest BCUT2D eigenvalue weighted by Crippen LogP contribution is -2.43. The number of alkyl halides is 2. The van der Waals surface area contributed by atoms with Gasteiger partial charge in [-0.1, -0.05) is 43.7 Å². The Morgan fingerprint density at radius 1 is 1.39 bits per heavy atom. The molecule has 0 aromatic heterocycles. The maximum absolute atomic E-state index is 13.4. The second kappa shape index (κ2) is 6.44. The van der Waals surface area contributed by atoms with Crippen molar-refractivity contribution < 1.29 is 23.4 Å². The van der Waals surface area contributed by atoms with Crippen molar-refractivity contribution in [1.29, 1.82) is 0 Å². The molecule has 5 heteroatoms. The molecule has 18 heavy (non-hydrogen) atoms. The van der Waals surface area contributed by atoms with Crippen LogP contribution in [-0.4, -0.2) is 23.1 Å². The smallest absolute Gasteiger partial charge is 0.377 e. The summed E-state index contributed by atoms with van der Waals surface area (Å²) in [7, 11) is 0. The van der Waals surface area contributed by atoms with Crippen molar-refractivity contribution in [2.45, 2.75) is 38.4 Å². The van der Waals surface area contributed by atoms with E-state index in [0.29, 0.717) is 6.42 Å². The zero-order valence-corrected chi connectivity index (χ0v) is 10.1. The summed E-state index contributed by atoms with van der Waals surface area (Å²) < 4.78 is 31.8. The Morgan fingerprint density at radius 2 is 2.00 bits per heavy atom. The molecule has 0 fully saturated rings. The fourth-order valence-corrected chi connectivity index (χ4v) is 1.54. The summed E-state index contributed by atoms with van der Waals surface area (Å²) in [6.45, 7) is 1.69. The van der Waals surface area contributed by atoms with Gasteiger partial charge in [-0.15, -0.1) is 0 Å². The molecule has 3 nitrogen and oxygen atoms in total. The van der Waals surface area contributed by atoms with Gasteiger partial charge in [0.05, 0.1) is 6.61 Å². The van der Waals surface area contributed by atoms with Crippen molar-refractivity contribution in [3.8, 4) is 0 Å². The lowest BCUT2D eigenvalue weighted by Gasteiger charge is -2.23. The highest BCUT2D eigenvalue weighted by Gasteiger charge is 2.47. The highest BCUT2D eigenvalue weighted by Crippen LogP contribution is 2.26. The predicted molar refractivity (Wildman–Crippen MR) is 62.5 cm³/mol. The third-order valence-corrected chi connectivity index (χ3v) is 2.53. The van der Waals surface area contributed by atoms with Crippen molar-refractivity contribution in [2.75, 3.05) is 0 Å². The SMILES string of the molecule is CCCC(OCc1ccccc1)C(F)(F)C(=O)O. The molecule has 1 N–H and O–H groups in total. The Balaban J connectivity index is 2.67. The Morgan fingerprint density at radius 3 is 2.50 bits per heavy atom. The topological polar surface area (TPSA) is 46.5 Å². The van der Waals surface area contributed by atoms with Gasteiger partial charge in [0.15, 0.2) is 0 Å². The minimum absolute atomic E-state index is 0.00608. The molecule has 100 valence electrons. The first kappa shape index (κ1) is 14.6. The summed E-state index contributed by atoms with van der Waals surface area (Å²) in [5, 5.41) is 8.51. The molecule has 0 aliphatic heterocycles. The van der Waals surface area contributed by atoms with Gasteiger partial charge in [0, 0.05) is 0 Å². The van der Waals surface area contributed by atoms with Crippen LogP contribution >= 0.6 is 0 Å². The van der Waals surface area contributed by atoms with E-state index in [1.807, 2.05) is 0 Å². The largest absolute Gasteiger partial charge is 0.477 e. The number of halogens is 2. The first-order valence-electron chi connectivity index (χ1n) is 5.75. The fraction of sp³-hybridized carbons (Fsp3) is 0.462. The molecule has 0 amide bonds. The lowest BCUT2D eigenvalue weighted by molar-refractivity contribution is -0.191. The van der Waals surface area contributed by atoms with Crippen molar-refractivity contribution >= 4 is 5.97 Å². The molecule has 1 unspecified atom stereocenters. The molecular formula is C13H16F2O3. The van der Waals surface area contributed by atoms with Gasteiger partial charge in [0.25, 0.3) is 0 Å². The van der Waals surface area contributed by atoms with Crippen LogP contribution in [0.4, 0.5) is 8.78 Å². The van der Waals surface area contributed by atoms with Crippen LogP contribution in [0.5, 0.6) is 0 Å². The van der Waals surface area contributed by atoms with Crippen LogP contribution in [0.25, 0.3) is 0 Å². The molecule has 1 atom stereocenters. The molecule has 0 saturated heterocycles. The number of hydrogen-bond acceptors (Lipinski definition) is 2. The average molecular weight is 258 g/mol. The van der Waals surface area contributed by atoms with E-state index in [4.69, 9.17) is 9.84 Å². The van der Waals surface area contributed by atoms with Crippen molar-refractivity contribution in [3.63, 3.8) is 0 Å². The third-order valence-electron chi connectivity index (χ3n) is 2.53. The van der Waals surface area contributed by atoms with Crippen LogP contribution in [0.15, 0.2) is 30.3 Å². The fourth-order valence-electron chi connectivity index (χ4n) is 1.54. The number of rotatable bonds is 7. The van der Waals surface area contributed by atoms with E-state index in [1.165, 1.54) is 0 Å². The molecule has 0 bridgehead atoms. The summed E-state index contributed by atoms with van der Waals surface area (Å²) in [6, 6.07) is 8.81. The number of carbonyl (C=O) groups is 1. The van der Waals surface area contributed by atoms with Gasteiger partial charge >= 0.3 is 11.9 Å². The molecular weight excluding hydrogens is 242 g/mol. The van der Waals surface area contributed by atoms with E-state index in [0.717, 1.165) is 5.56 Å². The molecule has 0 aliphatic carbocycles. The minimum atomic E-state index is -3.86. The van der Waals surface area contributed by atoms with Crippen molar-refractivity contribution in [1.82, 2.24) is 0 Å². The highest BCUT2D eigenvalue weighted by molar-refractivity contribution is 5.76. The van der Waals surface area contributed by atoms with Crippen LogP contribution in [0.1, 0.15) is 25.3 Å². The Kier molecular flexibility index (Phi) is 5.22. The molecule has 1 rings (SSSR count). The summed E-state index contributed by atoms with van der Waals surface area (Å²) >= 11 is 0. The molecule has 0 radical (unpaired) electrons. The summed E-state index contributed by atoms with van der Waals surface area (Å²) in [5.74, 6) is -6.00. The zero-order chi connectivity index (χ0) is 13.6. The number of benzene rings is 1. The van der Waals surface area contributed by atoms with Crippen LogP contribution in [-0.2, 0) is 16.1 Å². The Hall–Kier alpha value is -1.49. The van der Waals surface area contributed by atoms with Gasteiger partial charge in [0.1, 0.15) is 6.10 Å². The second-order valence-corrected chi connectivity index (χ2v) is 4.00. The summed E-state index contributed by atoms with van der Waals surface area (Å²) in [4.78, 5) is 10.5. The van der Waals surface area contributed by atoms with Gasteiger partial charge < -0.3 is 9.84 Å². The zero-order valence-electron chi connectivity index (χ0n) is 10.1. The number of carboxylic acids is 1. The minimum Gasteiger partial charge on any atom is -0.477 e. The molecule has 0 aliphatic rings. The van der Waals surface area contributed by atoms with Crippen molar-refractivity contribution in [3.05, 3.63) is 35.9 Å². The Bertz CT molecular complexity index is 379. The average Bonchev–Trinajstić information content (AvgIpc) is 2.35. The van der Waals surface area contributed by atoms with E-state index in [-0.39, 0.29) is 13.0 Å². The number of aliphatic carboxylic acids is 1. The molecule has 1 aromatic rings. The lowest BCUT2D eigenvalue weighted by atomic mass is 10.1. The molecule has 0 heterocycles. The standard InChI is InChI=1S/C13H16F2O3/c1-2-6-11(13(14,15)12(16)17)18-9-10-7-4-3-5-8-10/h3-5,7-8,11H,2,6,9H2,1H3,(H,16,17). The monoisotopic (exact) mass is 258 g/mol. The highest BCUT2D eigenvalue weighted by atomic mass is 19.3. The summed E-state index contributed by atoms with van der Waals surface area (Å²) in [6.07, 6.45) is -1.16. The van der Waals surface area contributed by atoms with Gasteiger partial charge in [-0.25, -0.2) is 4.79 Å². The van der Waals surface area contributed by atoms with E-state index >= 15 is 0 Å². The molecule has 0 saturated carbocycles. The van der Waals surface area contributed by atoms with Gasteiger partial charge in [-0.3, -0.25) is 0 Å². The van der Waals surface area contributed by atoms with Crippen molar-refractivity contribution in [2.24, 2.45) is 0 Å². The van der Waals surface area contributed by atoms with E-state index in [9.17, 15) is 13.6 Å². The maximum atomic E-state index is 13.4. The molecule has 0 spiro atoms. The van der Waals surface area contributed by atoms with Crippen LogP contribution in [0.3, 0.4) is 0 Å². The number of hydrogen-bond donors (Lipinski definition) is 1.